The van der Waals surface area contributed by atoms with Crippen molar-refractivity contribution in [2.45, 2.75) is 26.9 Å². The first kappa shape index (κ1) is 20.8. The minimum Gasteiger partial charge on any atom is -0.463 e. The number of carbonyl (C=O) groups is 1. The Bertz CT molecular complexity index is 1460. The number of furan rings is 1. The number of aryl methyl sites for hydroxylation is 2. The van der Waals surface area contributed by atoms with E-state index in [0.717, 1.165) is 28.0 Å². The number of rotatable bonds is 6. The van der Waals surface area contributed by atoms with Crippen molar-refractivity contribution in [3.05, 3.63) is 107 Å². The van der Waals surface area contributed by atoms with Gasteiger partial charge in [-0.15, -0.1) is 0 Å². The van der Waals surface area contributed by atoms with Gasteiger partial charge in [-0.05, 0) is 55.3 Å². The smallest absolute Gasteiger partial charge is 0.272 e. The van der Waals surface area contributed by atoms with Gasteiger partial charge < -0.3 is 14.3 Å². The zero-order chi connectivity index (χ0) is 22.9. The molecule has 33 heavy (non-hydrogen) atoms. The molecule has 3 aromatic heterocycles. The average Bonchev–Trinajstić information content (AvgIpc) is 3.44. The van der Waals surface area contributed by atoms with Gasteiger partial charge >= 0.3 is 0 Å². The van der Waals surface area contributed by atoms with Crippen LogP contribution in [0.1, 0.15) is 33.0 Å². The molecule has 1 N–H and O–H groups in total. The van der Waals surface area contributed by atoms with E-state index in [0.29, 0.717) is 30.1 Å². The highest BCUT2D eigenvalue weighted by Gasteiger charge is 2.18. The summed E-state index contributed by atoms with van der Waals surface area (Å²) in [6.07, 6.45) is 1.58. The molecule has 5 aromatic rings. The Kier molecular flexibility index (Phi) is 5.30. The molecule has 0 aliphatic rings. The van der Waals surface area contributed by atoms with Gasteiger partial charge in [-0.25, -0.2) is 4.39 Å². The van der Waals surface area contributed by atoms with Crippen LogP contribution < -0.4 is 5.32 Å². The van der Waals surface area contributed by atoms with Crippen LogP contribution in [-0.4, -0.2) is 20.3 Å². The summed E-state index contributed by atoms with van der Waals surface area (Å²) in [5, 5.41) is 7.50. The summed E-state index contributed by atoms with van der Waals surface area (Å²) in [4.78, 5) is 13.2. The van der Waals surface area contributed by atoms with Crippen LogP contribution in [0.15, 0.2) is 77.4 Å². The van der Waals surface area contributed by atoms with Crippen LogP contribution in [0.2, 0.25) is 0 Å². The Balaban J connectivity index is 1.41. The van der Waals surface area contributed by atoms with Crippen LogP contribution in [0.25, 0.3) is 11.1 Å². The number of aromatic nitrogens is 3. The van der Waals surface area contributed by atoms with Crippen LogP contribution in [0.3, 0.4) is 0 Å². The summed E-state index contributed by atoms with van der Waals surface area (Å²) >= 11 is 0. The van der Waals surface area contributed by atoms with Gasteiger partial charge in [0.25, 0.3) is 5.91 Å². The normalized spacial score (nSPS) is 11.2. The summed E-state index contributed by atoms with van der Waals surface area (Å²) in [7, 11) is 0. The predicted octanol–water partition coefficient (Wildman–Crippen LogP) is 5.54. The topological polar surface area (TPSA) is 65.0 Å². The van der Waals surface area contributed by atoms with Crippen LogP contribution in [0.5, 0.6) is 0 Å². The highest BCUT2D eigenvalue weighted by molar-refractivity contribution is 6.05. The molecule has 3 heterocycles. The molecule has 0 spiro atoms. The highest BCUT2D eigenvalue weighted by Crippen LogP contribution is 2.24. The van der Waals surface area contributed by atoms with Gasteiger partial charge in [-0.2, -0.15) is 5.10 Å². The van der Waals surface area contributed by atoms with Crippen molar-refractivity contribution in [3.63, 3.8) is 0 Å². The molecule has 0 atom stereocenters. The molecule has 6 nitrogen and oxygen atoms in total. The highest BCUT2D eigenvalue weighted by atomic mass is 19.1. The maximum atomic E-state index is 13.7. The van der Waals surface area contributed by atoms with Crippen molar-refractivity contribution in [1.82, 2.24) is 14.3 Å². The van der Waals surface area contributed by atoms with E-state index < -0.39 is 0 Å². The number of hydrogen-bond acceptors (Lipinski definition) is 3. The Labute approximate surface area is 190 Å². The standard InChI is InChI=1S/C26H23FN4O2/c1-17-11-18(2)31(29-17)16-20-6-4-8-22(13-20)28-26(32)24-14-25-23(9-10-33-25)30(24)15-19-5-3-7-21(27)12-19/h3-14H,15-16H2,1-2H3,(H,28,32). The fourth-order valence-corrected chi connectivity index (χ4v) is 4.10. The summed E-state index contributed by atoms with van der Waals surface area (Å²) in [5.74, 6) is -0.574. The van der Waals surface area contributed by atoms with Crippen molar-refractivity contribution in [1.29, 1.82) is 0 Å². The molecular formula is C26H23FN4O2. The quantitative estimate of drug-likeness (QED) is 0.376. The Hall–Kier alpha value is -4.13. The van der Waals surface area contributed by atoms with Crippen LogP contribution in [-0.2, 0) is 13.1 Å². The number of anilines is 1. The first-order valence-corrected chi connectivity index (χ1v) is 10.7. The molecule has 1 amide bonds. The predicted molar refractivity (Wildman–Crippen MR) is 125 cm³/mol. The Morgan fingerprint density at radius 2 is 1.79 bits per heavy atom. The minimum atomic E-state index is -0.312. The second-order valence-electron chi connectivity index (χ2n) is 8.15. The number of amides is 1. The summed E-state index contributed by atoms with van der Waals surface area (Å²) in [6, 6.07) is 19.6. The minimum absolute atomic E-state index is 0.263. The van der Waals surface area contributed by atoms with Crippen molar-refractivity contribution in [3.8, 4) is 0 Å². The molecule has 0 unspecified atom stereocenters. The second-order valence-corrected chi connectivity index (χ2v) is 8.15. The molecule has 0 aliphatic heterocycles. The Morgan fingerprint density at radius 1 is 1.00 bits per heavy atom. The SMILES string of the molecule is Cc1cc(C)n(Cc2cccc(NC(=O)c3cc4occc4n3Cc3cccc(F)c3)c2)n1. The average molecular weight is 442 g/mol. The molecular weight excluding hydrogens is 419 g/mol. The molecule has 2 aromatic carbocycles. The van der Waals surface area contributed by atoms with Crippen LogP contribution in [0.4, 0.5) is 10.1 Å². The fourth-order valence-electron chi connectivity index (χ4n) is 4.10. The maximum absolute atomic E-state index is 13.7. The first-order chi connectivity index (χ1) is 16.0. The lowest BCUT2D eigenvalue weighted by Gasteiger charge is -2.12. The van der Waals surface area contributed by atoms with Gasteiger partial charge in [0.1, 0.15) is 11.5 Å². The number of hydrogen-bond donors (Lipinski definition) is 1. The maximum Gasteiger partial charge on any atom is 0.272 e. The van der Waals surface area contributed by atoms with E-state index >= 15 is 0 Å². The molecule has 166 valence electrons. The number of nitrogens with one attached hydrogen (secondary N) is 1. The van der Waals surface area contributed by atoms with Gasteiger partial charge in [0.2, 0.25) is 0 Å². The van der Waals surface area contributed by atoms with Gasteiger partial charge in [0, 0.05) is 30.1 Å². The van der Waals surface area contributed by atoms with Crippen molar-refractivity contribution < 1.29 is 13.6 Å². The van der Waals surface area contributed by atoms with Gasteiger partial charge in [-0.1, -0.05) is 24.3 Å². The molecule has 7 heteroatoms. The molecule has 0 radical (unpaired) electrons. The summed E-state index contributed by atoms with van der Waals surface area (Å²) in [5.41, 5.74) is 6.36. The van der Waals surface area contributed by atoms with Gasteiger partial charge in [-0.3, -0.25) is 9.48 Å². The van der Waals surface area contributed by atoms with Crippen molar-refractivity contribution in [2.24, 2.45) is 0 Å². The summed E-state index contributed by atoms with van der Waals surface area (Å²) < 4.78 is 23.0. The number of benzene rings is 2. The number of halogens is 1. The zero-order valence-electron chi connectivity index (χ0n) is 18.4. The lowest BCUT2D eigenvalue weighted by atomic mass is 10.2. The van der Waals surface area contributed by atoms with Crippen LogP contribution >= 0.6 is 0 Å². The zero-order valence-corrected chi connectivity index (χ0v) is 18.4. The Morgan fingerprint density at radius 3 is 2.55 bits per heavy atom. The van der Waals surface area contributed by atoms with E-state index in [1.54, 1.807) is 24.5 Å². The van der Waals surface area contributed by atoms with Crippen molar-refractivity contribution >= 4 is 22.7 Å². The molecule has 0 saturated heterocycles. The van der Waals surface area contributed by atoms with E-state index in [1.807, 2.05) is 59.5 Å². The van der Waals surface area contributed by atoms with Gasteiger partial charge in [0.15, 0.2) is 5.58 Å². The third kappa shape index (κ3) is 4.30. The first-order valence-electron chi connectivity index (χ1n) is 10.7. The van der Waals surface area contributed by atoms with E-state index in [9.17, 15) is 9.18 Å². The number of carbonyl (C=O) groups excluding carboxylic acids is 1. The third-order valence-corrected chi connectivity index (χ3v) is 5.61. The van der Waals surface area contributed by atoms with E-state index in [1.165, 1.54) is 12.1 Å². The fraction of sp³-hybridized carbons (Fsp3) is 0.154. The molecule has 0 aliphatic carbocycles. The largest absolute Gasteiger partial charge is 0.463 e. The second kappa shape index (κ2) is 8.43. The molecule has 0 bridgehead atoms. The molecule has 0 saturated carbocycles. The lowest BCUT2D eigenvalue weighted by Crippen LogP contribution is -2.17. The molecule has 5 rings (SSSR count). The molecule has 0 fully saturated rings. The van der Waals surface area contributed by atoms with Crippen molar-refractivity contribution in [2.75, 3.05) is 5.32 Å². The van der Waals surface area contributed by atoms with E-state index in [4.69, 9.17) is 4.42 Å². The third-order valence-electron chi connectivity index (χ3n) is 5.61. The lowest BCUT2D eigenvalue weighted by molar-refractivity contribution is 0.101. The van der Waals surface area contributed by atoms with E-state index in [-0.39, 0.29) is 11.7 Å². The monoisotopic (exact) mass is 442 g/mol. The van der Waals surface area contributed by atoms with Crippen LogP contribution in [0, 0.1) is 19.7 Å². The summed E-state index contributed by atoms with van der Waals surface area (Å²) in [6.45, 7) is 4.96. The number of fused-ring (bicyclic) bond motifs is 1. The number of nitrogens with zero attached hydrogens (tertiary/aromatic N) is 3. The van der Waals surface area contributed by atoms with E-state index in [2.05, 4.69) is 10.4 Å². The van der Waals surface area contributed by atoms with Gasteiger partial charge in [0.05, 0.1) is 24.0 Å².